The second-order valence-electron chi connectivity index (χ2n) is 4.17. The zero-order valence-corrected chi connectivity index (χ0v) is 13.3. The molecule has 1 aromatic heterocycles. The Bertz CT molecular complexity index is 502. The summed E-state index contributed by atoms with van der Waals surface area (Å²) < 4.78 is 9.69. The molecule has 1 heterocycles. The Morgan fingerprint density at radius 3 is 2.62 bits per heavy atom. The quantitative estimate of drug-likeness (QED) is 0.494. The number of methoxy groups -OCH3 is 2. The molecule has 0 bridgehead atoms. The van der Waals surface area contributed by atoms with E-state index in [1.54, 1.807) is 7.11 Å². The minimum Gasteiger partial charge on any atom is -0.465 e. The molecule has 0 fully saturated rings. The predicted octanol–water partition coefficient (Wildman–Crippen LogP) is 1.31. The molecule has 118 valence electrons. The zero-order valence-electron chi connectivity index (χ0n) is 12.4. The average Bonchev–Trinajstić information content (AvgIpc) is 2.80. The van der Waals surface area contributed by atoms with Crippen molar-refractivity contribution in [2.45, 2.75) is 13.3 Å². The number of esters is 1. The van der Waals surface area contributed by atoms with E-state index < -0.39 is 5.97 Å². The first-order valence-corrected chi connectivity index (χ1v) is 7.40. The maximum Gasteiger partial charge on any atom is 0.343 e. The number of hydrogen-bond donors (Lipinski definition) is 3. The summed E-state index contributed by atoms with van der Waals surface area (Å²) >= 11 is 1.15. The fourth-order valence-corrected chi connectivity index (χ4v) is 2.75. The highest BCUT2D eigenvalue weighted by molar-refractivity contribution is 7.19. The Balaban J connectivity index is 3.00. The molecular weight excluding hydrogens is 294 g/mol. The van der Waals surface area contributed by atoms with Gasteiger partial charge < -0.3 is 25.8 Å². The van der Waals surface area contributed by atoms with E-state index in [4.69, 9.17) is 15.2 Å². The summed E-state index contributed by atoms with van der Waals surface area (Å²) in [5.41, 5.74) is 6.28. The Morgan fingerprint density at radius 1 is 1.33 bits per heavy atom. The lowest BCUT2D eigenvalue weighted by Gasteiger charge is -2.06. The van der Waals surface area contributed by atoms with Gasteiger partial charge in [0.05, 0.1) is 12.8 Å². The third-order valence-corrected chi connectivity index (χ3v) is 3.85. The van der Waals surface area contributed by atoms with Gasteiger partial charge in [0, 0.05) is 26.8 Å². The van der Waals surface area contributed by atoms with E-state index in [1.165, 1.54) is 7.11 Å². The van der Waals surface area contributed by atoms with E-state index >= 15 is 0 Å². The van der Waals surface area contributed by atoms with Gasteiger partial charge in [-0.05, 0) is 13.3 Å². The number of thiophene rings is 1. The molecule has 7 nitrogen and oxygen atoms in total. The van der Waals surface area contributed by atoms with Gasteiger partial charge in [0.15, 0.2) is 0 Å². The van der Waals surface area contributed by atoms with Crippen molar-refractivity contribution in [2.75, 3.05) is 45.0 Å². The Hall–Kier alpha value is -1.80. The average molecular weight is 315 g/mol. The van der Waals surface area contributed by atoms with Crippen LogP contribution in [0.15, 0.2) is 0 Å². The third-order valence-electron chi connectivity index (χ3n) is 2.69. The fourth-order valence-electron chi connectivity index (χ4n) is 1.70. The molecule has 1 aromatic rings. The van der Waals surface area contributed by atoms with Crippen LogP contribution in [0.2, 0.25) is 0 Å². The number of nitrogen functional groups attached to an aromatic ring is 1. The normalized spacial score (nSPS) is 10.2. The summed E-state index contributed by atoms with van der Waals surface area (Å²) in [6.45, 7) is 3.50. The van der Waals surface area contributed by atoms with Crippen molar-refractivity contribution >= 4 is 33.9 Å². The smallest absolute Gasteiger partial charge is 0.343 e. The lowest BCUT2D eigenvalue weighted by molar-refractivity contribution is 0.0603. The maximum absolute atomic E-state index is 11.9. The van der Waals surface area contributed by atoms with Crippen LogP contribution >= 0.6 is 11.3 Å². The molecule has 0 unspecified atom stereocenters. The van der Waals surface area contributed by atoms with Crippen molar-refractivity contribution in [3.05, 3.63) is 10.4 Å². The van der Waals surface area contributed by atoms with Crippen molar-refractivity contribution in [1.82, 2.24) is 5.32 Å². The summed E-state index contributed by atoms with van der Waals surface area (Å²) in [7, 11) is 2.90. The lowest BCUT2D eigenvalue weighted by Crippen LogP contribution is -2.22. The van der Waals surface area contributed by atoms with Crippen LogP contribution in [0.25, 0.3) is 0 Å². The predicted molar refractivity (Wildman–Crippen MR) is 83.1 cm³/mol. The topological polar surface area (TPSA) is 103 Å². The molecule has 4 N–H and O–H groups in total. The van der Waals surface area contributed by atoms with Crippen LogP contribution < -0.4 is 16.4 Å². The monoisotopic (exact) mass is 315 g/mol. The number of rotatable bonds is 8. The second-order valence-corrected chi connectivity index (χ2v) is 5.19. The van der Waals surface area contributed by atoms with Crippen LogP contribution in [-0.2, 0) is 9.47 Å². The summed E-state index contributed by atoms with van der Waals surface area (Å²) in [5.74, 6) is -0.858. The Morgan fingerprint density at radius 2 is 2.05 bits per heavy atom. The summed E-state index contributed by atoms with van der Waals surface area (Å²) in [6.07, 6.45) is 0.769. The Labute approximate surface area is 127 Å². The first kappa shape index (κ1) is 17.3. The zero-order chi connectivity index (χ0) is 15.8. The number of ether oxygens (including phenoxy) is 2. The molecule has 0 aromatic carbocycles. The van der Waals surface area contributed by atoms with E-state index in [0.717, 1.165) is 17.8 Å². The van der Waals surface area contributed by atoms with Gasteiger partial charge in [-0.1, -0.05) is 0 Å². The van der Waals surface area contributed by atoms with Gasteiger partial charge in [-0.15, -0.1) is 11.3 Å². The van der Waals surface area contributed by atoms with Crippen molar-refractivity contribution in [1.29, 1.82) is 0 Å². The van der Waals surface area contributed by atoms with Gasteiger partial charge in [-0.2, -0.15) is 0 Å². The fraction of sp³-hybridized carbons (Fsp3) is 0.538. The standard InChI is InChI=1S/C13H21N3O4S/c1-4-15-11(17)10-9(14)8(13(18)20-3)12(21-10)16-6-5-7-19-2/h16H,4-7,14H2,1-3H3,(H,15,17). The van der Waals surface area contributed by atoms with Gasteiger partial charge in [0.1, 0.15) is 15.4 Å². The second kappa shape index (κ2) is 8.48. The molecule has 1 rings (SSSR count). The molecule has 0 aliphatic carbocycles. The van der Waals surface area contributed by atoms with Crippen LogP contribution in [0.5, 0.6) is 0 Å². The van der Waals surface area contributed by atoms with Gasteiger partial charge in [0.25, 0.3) is 5.91 Å². The van der Waals surface area contributed by atoms with Crippen molar-refractivity contribution < 1.29 is 19.1 Å². The molecule has 21 heavy (non-hydrogen) atoms. The van der Waals surface area contributed by atoms with Crippen LogP contribution in [0.3, 0.4) is 0 Å². The van der Waals surface area contributed by atoms with Crippen molar-refractivity contribution in [3.8, 4) is 0 Å². The maximum atomic E-state index is 11.9. The molecule has 0 radical (unpaired) electrons. The summed E-state index contributed by atoms with van der Waals surface area (Å²) in [5, 5.41) is 6.31. The molecule has 0 spiro atoms. The third kappa shape index (κ3) is 4.33. The number of carbonyl (C=O) groups is 2. The number of anilines is 2. The number of hydrogen-bond acceptors (Lipinski definition) is 7. The van der Waals surface area contributed by atoms with E-state index in [0.29, 0.717) is 29.6 Å². The van der Waals surface area contributed by atoms with Crippen LogP contribution in [-0.4, -0.2) is 45.8 Å². The number of carbonyl (C=O) groups excluding carboxylic acids is 2. The van der Waals surface area contributed by atoms with Gasteiger partial charge >= 0.3 is 5.97 Å². The first-order chi connectivity index (χ1) is 10.1. The van der Waals surface area contributed by atoms with E-state index in [9.17, 15) is 9.59 Å². The van der Waals surface area contributed by atoms with Gasteiger partial charge in [-0.25, -0.2) is 4.79 Å². The highest BCUT2D eigenvalue weighted by Gasteiger charge is 2.25. The minimum absolute atomic E-state index is 0.145. The lowest BCUT2D eigenvalue weighted by atomic mass is 10.2. The van der Waals surface area contributed by atoms with Gasteiger partial charge in [0.2, 0.25) is 0 Å². The molecule has 0 saturated carbocycles. The summed E-state index contributed by atoms with van der Waals surface area (Å²) in [4.78, 5) is 24.1. The minimum atomic E-state index is -0.562. The number of nitrogens with one attached hydrogen (secondary N) is 2. The van der Waals surface area contributed by atoms with Crippen LogP contribution in [0.4, 0.5) is 10.7 Å². The van der Waals surface area contributed by atoms with Crippen LogP contribution in [0, 0.1) is 0 Å². The van der Waals surface area contributed by atoms with E-state index in [2.05, 4.69) is 10.6 Å². The van der Waals surface area contributed by atoms with Crippen molar-refractivity contribution in [3.63, 3.8) is 0 Å². The van der Waals surface area contributed by atoms with Gasteiger partial charge in [-0.3, -0.25) is 4.79 Å². The van der Waals surface area contributed by atoms with Crippen LogP contribution in [0.1, 0.15) is 33.4 Å². The highest BCUT2D eigenvalue weighted by atomic mass is 32.1. The number of amides is 1. The molecule has 0 aliphatic heterocycles. The molecule has 0 aliphatic rings. The SMILES string of the molecule is CCNC(=O)c1sc(NCCCOC)c(C(=O)OC)c1N. The highest BCUT2D eigenvalue weighted by Crippen LogP contribution is 2.36. The molecular formula is C13H21N3O4S. The Kier molecular flexibility index (Phi) is 6.97. The molecule has 8 heteroatoms. The van der Waals surface area contributed by atoms with Crippen molar-refractivity contribution in [2.24, 2.45) is 0 Å². The summed E-state index contributed by atoms with van der Waals surface area (Å²) in [6, 6.07) is 0. The number of nitrogens with two attached hydrogens (primary N) is 1. The van der Waals surface area contributed by atoms with E-state index in [-0.39, 0.29) is 17.2 Å². The first-order valence-electron chi connectivity index (χ1n) is 6.58. The molecule has 0 saturated heterocycles. The molecule has 1 amide bonds. The van der Waals surface area contributed by atoms with E-state index in [1.807, 2.05) is 6.92 Å². The largest absolute Gasteiger partial charge is 0.465 e. The molecule has 0 atom stereocenters.